The lowest BCUT2D eigenvalue weighted by atomic mass is 9.95. The van der Waals surface area contributed by atoms with Crippen molar-refractivity contribution in [3.8, 4) is 0 Å². The molecule has 0 aliphatic heterocycles. The van der Waals surface area contributed by atoms with Crippen LogP contribution in [-0.2, 0) is 0 Å². The molecule has 0 nitrogen and oxygen atoms in total. The summed E-state index contributed by atoms with van der Waals surface area (Å²) in [4.78, 5) is 0. The van der Waals surface area contributed by atoms with E-state index in [1.807, 2.05) is 27.7 Å². The van der Waals surface area contributed by atoms with Crippen LogP contribution in [-0.4, -0.2) is 0 Å². The van der Waals surface area contributed by atoms with Crippen molar-refractivity contribution in [1.82, 2.24) is 0 Å². The van der Waals surface area contributed by atoms with E-state index in [9.17, 15) is 0 Å². The first-order valence-electron chi connectivity index (χ1n) is 12.4. The molecule has 0 bridgehead atoms. The molecule has 0 unspecified atom stereocenters. The van der Waals surface area contributed by atoms with Gasteiger partial charge in [0.15, 0.2) is 0 Å². The van der Waals surface area contributed by atoms with Crippen LogP contribution < -0.4 is 0 Å². The maximum Gasteiger partial charge on any atom is -0.0443 e. The Bertz CT molecular complexity index is 176. The van der Waals surface area contributed by atoms with Gasteiger partial charge in [-0.15, -0.1) is 0 Å². The van der Waals surface area contributed by atoms with Gasteiger partial charge in [0.1, 0.15) is 0 Å². The average molecular weight is 355 g/mol. The topological polar surface area (TPSA) is 0 Å². The molecular formula is C25H54. The molecule has 1 aliphatic rings. The molecule has 0 aromatic rings. The van der Waals surface area contributed by atoms with E-state index in [4.69, 9.17) is 0 Å². The quantitative estimate of drug-likeness (QED) is 0.406. The van der Waals surface area contributed by atoms with Gasteiger partial charge in [0, 0.05) is 0 Å². The van der Waals surface area contributed by atoms with Crippen LogP contribution in [0.5, 0.6) is 0 Å². The Labute approximate surface area is 163 Å². The van der Waals surface area contributed by atoms with E-state index in [0.29, 0.717) is 0 Å². The van der Waals surface area contributed by atoms with Gasteiger partial charge in [-0.05, 0) is 5.92 Å². The van der Waals surface area contributed by atoms with Crippen LogP contribution in [0.1, 0.15) is 157 Å². The van der Waals surface area contributed by atoms with E-state index < -0.39 is 0 Å². The predicted molar refractivity (Wildman–Crippen MR) is 120 cm³/mol. The van der Waals surface area contributed by atoms with E-state index in [-0.39, 0.29) is 0 Å². The van der Waals surface area contributed by atoms with Gasteiger partial charge in [0.2, 0.25) is 0 Å². The molecule has 0 atom stereocenters. The molecule has 1 saturated carbocycles. The van der Waals surface area contributed by atoms with Crippen molar-refractivity contribution in [3.63, 3.8) is 0 Å². The first-order valence-corrected chi connectivity index (χ1v) is 12.4. The van der Waals surface area contributed by atoms with Crippen molar-refractivity contribution in [2.45, 2.75) is 157 Å². The monoisotopic (exact) mass is 354 g/mol. The van der Waals surface area contributed by atoms with Crippen molar-refractivity contribution >= 4 is 0 Å². The number of hydrogen-bond acceptors (Lipinski definition) is 0. The summed E-state index contributed by atoms with van der Waals surface area (Å²) in [6, 6.07) is 0. The van der Waals surface area contributed by atoms with Gasteiger partial charge in [-0.1, -0.05) is 157 Å². The highest BCUT2D eigenvalue weighted by atomic mass is 14.1. The van der Waals surface area contributed by atoms with E-state index in [0.717, 1.165) is 5.92 Å². The van der Waals surface area contributed by atoms with Crippen molar-refractivity contribution in [1.29, 1.82) is 0 Å². The van der Waals surface area contributed by atoms with E-state index in [1.54, 1.807) is 0 Å². The molecular weight excluding hydrogens is 300 g/mol. The molecule has 25 heavy (non-hydrogen) atoms. The average Bonchev–Trinajstić information content (AvgIpc) is 2.66. The lowest BCUT2D eigenvalue weighted by molar-refractivity contribution is 0.428. The molecule has 0 spiro atoms. The summed E-state index contributed by atoms with van der Waals surface area (Å²) in [5.74, 6) is 0.982. The van der Waals surface area contributed by atoms with Crippen molar-refractivity contribution < 1.29 is 0 Å². The van der Waals surface area contributed by atoms with Crippen LogP contribution in [0.3, 0.4) is 0 Å². The molecule has 154 valence electrons. The highest BCUT2D eigenvalue weighted by molar-refractivity contribution is 4.56. The lowest BCUT2D eigenvalue weighted by Crippen LogP contribution is -1.95. The number of hydrogen-bond donors (Lipinski definition) is 0. The minimum Gasteiger partial charge on any atom is -0.0683 e. The molecule has 0 heteroatoms. The largest absolute Gasteiger partial charge is 0.0683 e. The summed E-state index contributed by atoms with van der Waals surface area (Å²) in [5.41, 5.74) is 0. The molecule has 1 rings (SSSR count). The van der Waals surface area contributed by atoms with Crippen molar-refractivity contribution in [3.05, 3.63) is 0 Å². The first-order chi connectivity index (χ1) is 12.4. The number of rotatable bonds is 0. The lowest BCUT2D eigenvalue weighted by Gasteiger charge is -2.11. The van der Waals surface area contributed by atoms with Crippen LogP contribution in [0, 0.1) is 5.92 Å². The van der Waals surface area contributed by atoms with E-state index in [2.05, 4.69) is 6.92 Å². The third kappa shape index (κ3) is 24.0. The second kappa shape index (κ2) is 26.2. The summed E-state index contributed by atoms with van der Waals surface area (Å²) in [5, 5.41) is 0. The fourth-order valence-corrected chi connectivity index (χ4v) is 3.78. The summed E-state index contributed by atoms with van der Waals surface area (Å²) in [7, 11) is 0. The smallest absolute Gasteiger partial charge is 0.0443 e. The predicted octanol–water partition coefficient (Wildman–Crippen LogP) is 10.1. The molecule has 0 aromatic carbocycles. The highest BCUT2D eigenvalue weighted by Crippen LogP contribution is 2.19. The van der Waals surface area contributed by atoms with Gasteiger partial charge in [-0.2, -0.15) is 0 Å². The standard InChI is InChI=1S/C21H42.2C2H6/c1-21-19-17-15-13-11-9-7-5-3-2-4-6-8-10-12-14-16-18-20-21;2*1-2/h21H,2-20H2,1H3;2*1-2H3. The van der Waals surface area contributed by atoms with Gasteiger partial charge >= 0.3 is 0 Å². The molecule has 0 radical (unpaired) electrons. The Morgan fingerprint density at radius 1 is 0.320 bits per heavy atom. The fraction of sp³-hybridized carbons (Fsp3) is 1.00. The normalized spacial score (nSPS) is 21.0. The molecule has 0 N–H and O–H groups in total. The second-order valence-corrected chi connectivity index (χ2v) is 7.69. The molecule has 0 amide bonds. The Balaban J connectivity index is 0. The third-order valence-electron chi connectivity index (χ3n) is 5.39. The Morgan fingerprint density at radius 3 is 0.680 bits per heavy atom. The molecule has 0 heterocycles. The highest BCUT2D eigenvalue weighted by Gasteiger charge is 2.02. The zero-order chi connectivity index (χ0) is 19.0. The van der Waals surface area contributed by atoms with Crippen LogP contribution in [0.2, 0.25) is 0 Å². The molecule has 0 saturated heterocycles. The van der Waals surface area contributed by atoms with Gasteiger partial charge < -0.3 is 0 Å². The maximum atomic E-state index is 2.48. The van der Waals surface area contributed by atoms with E-state index in [1.165, 1.54) is 122 Å². The first kappa shape index (κ1) is 27.2. The summed E-state index contributed by atoms with van der Waals surface area (Å²) in [6.07, 6.45) is 28.4. The van der Waals surface area contributed by atoms with Crippen LogP contribution in [0.25, 0.3) is 0 Å². The molecule has 1 aliphatic carbocycles. The summed E-state index contributed by atoms with van der Waals surface area (Å²) in [6.45, 7) is 10.5. The SMILES string of the molecule is CC.CC.CC1CCCCCCCCCCCCCCCCCCC1. The van der Waals surface area contributed by atoms with Crippen molar-refractivity contribution in [2.24, 2.45) is 5.92 Å². The minimum absolute atomic E-state index is 0.982. The zero-order valence-corrected chi connectivity index (χ0v) is 19.0. The van der Waals surface area contributed by atoms with E-state index >= 15 is 0 Å². The zero-order valence-electron chi connectivity index (χ0n) is 19.0. The van der Waals surface area contributed by atoms with Gasteiger partial charge in [-0.3, -0.25) is 0 Å². The Kier molecular flexibility index (Phi) is 28.6. The van der Waals surface area contributed by atoms with Gasteiger partial charge in [0.25, 0.3) is 0 Å². The second-order valence-electron chi connectivity index (χ2n) is 7.69. The fourth-order valence-electron chi connectivity index (χ4n) is 3.78. The molecule has 1 fully saturated rings. The van der Waals surface area contributed by atoms with Crippen molar-refractivity contribution in [2.75, 3.05) is 0 Å². The maximum absolute atomic E-state index is 2.48. The minimum atomic E-state index is 0.982. The van der Waals surface area contributed by atoms with Crippen LogP contribution >= 0.6 is 0 Å². The Hall–Kier alpha value is 0. The summed E-state index contributed by atoms with van der Waals surface area (Å²) < 4.78 is 0. The Morgan fingerprint density at radius 2 is 0.480 bits per heavy atom. The van der Waals surface area contributed by atoms with Crippen LogP contribution in [0.4, 0.5) is 0 Å². The molecule has 0 aromatic heterocycles. The third-order valence-corrected chi connectivity index (χ3v) is 5.39. The van der Waals surface area contributed by atoms with Gasteiger partial charge in [0.05, 0.1) is 0 Å². The summed E-state index contributed by atoms with van der Waals surface area (Å²) >= 11 is 0. The van der Waals surface area contributed by atoms with Gasteiger partial charge in [-0.25, -0.2) is 0 Å². The van der Waals surface area contributed by atoms with Crippen LogP contribution in [0.15, 0.2) is 0 Å².